The van der Waals surface area contributed by atoms with Gasteiger partial charge in [0.1, 0.15) is 0 Å². The molecule has 106 valence electrons. The number of hydrogen-bond acceptors (Lipinski definition) is 4. The molecule has 1 saturated heterocycles. The zero-order valence-corrected chi connectivity index (χ0v) is 11.8. The van der Waals surface area contributed by atoms with Crippen molar-refractivity contribution in [3.05, 3.63) is 35.9 Å². The molecule has 0 bridgehead atoms. The first kappa shape index (κ1) is 14.5. The molecule has 1 aromatic carbocycles. The van der Waals surface area contributed by atoms with Crippen LogP contribution in [0, 0.1) is 5.92 Å². The van der Waals surface area contributed by atoms with Crippen LogP contribution in [0.4, 0.5) is 0 Å². The number of hydrogen-bond donors (Lipinski definition) is 4. The van der Waals surface area contributed by atoms with Crippen molar-refractivity contribution in [3.8, 4) is 0 Å². The zero-order chi connectivity index (χ0) is 13.7. The van der Waals surface area contributed by atoms with E-state index in [4.69, 9.17) is 0 Å². The molecule has 2 unspecified atom stereocenters. The monoisotopic (exact) mass is 263 g/mol. The van der Waals surface area contributed by atoms with Gasteiger partial charge in [0.25, 0.3) is 0 Å². The Morgan fingerprint density at radius 2 is 1.79 bits per heavy atom. The van der Waals surface area contributed by atoms with Gasteiger partial charge in [-0.2, -0.15) is 0 Å². The van der Waals surface area contributed by atoms with Crippen LogP contribution in [0.25, 0.3) is 0 Å². The molecule has 1 heterocycles. The Kier molecular flexibility index (Phi) is 5.34. The molecule has 1 aromatic rings. The number of rotatable bonds is 6. The van der Waals surface area contributed by atoms with E-state index >= 15 is 0 Å². The highest BCUT2D eigenvalue weighted by Crippen LogP contribution is 2.13. The van der Waals surface area contributed by atoms with Crippen LogP contribution in [-0.4, -0.2) is 36.4 Å². The first-order valence-corrected chi connectivity index (χ1v) is 7.10. The highest BCUT2D eigenvalue weighted by Gasteiger charge is 2.29. The Bertz CT molecular complexity index is 361. The van der Waals surface area contributed by atoms with E-state index in [0.717, 1.165) is 13.0 Å². The van der Waals surface area contributed by atoms with Crippen LogP contribution in [0.1, 0.15) is 19.4 Å². The third kappa shape index (κ3) is 4.01. The van der Waals surface area contributed by atoms with E-state index in [9.17, 15) is 5.11 Å². The Morgan fingerprint density at radius 1 is 1.16 bits per heavy atom. The summed E-state index contributed by atoms with van der Waals surface area (Å²) in [5.74, 6) is 0.546. The molecule has 3 atom stereocenters. The van der Waals surface area contributed by atoms with E-state index in [1.165, 1.54) is 5.56 Å². The second-order valence-electron chi connectivity index (χ2n) is 5.51. The van der Waals surface area contributed by atoms with Crippen LogP contribution in [-0.2, 0) is 6.42 Å². The van der Waals surface area contributed by atoms with E-state index in [0.29, 0.717) is 18.0 Å². The lowest BCUT2D eigenvalue weighted by molar-refractivity contribution is 0.233. The van der Waals surface area contributed by atoms with E-state index in [1.54, 1.807) is 0 Å². The number of aliphatic hydroxyl groups excluding tert-OH is 1. The maximum Gasteiger partial charge on any atom is 0.0587 e. The molecule has 1 fully saturated rings. The van der Waals surface area contributed by atoms with Crippen molar-refractivity contribution < 1.29 is 5.11 Å². The highest BCUT2D eigenvalue weighted by molar-refractivity contribution is 5.15. The Balaban J connectivity index is 1.82. The number of benzene rings is 1. The van der Waals surface area contributed by atoms with E-state index in [2.05, 4.69) is 42.1 Å². The molecule has 0 amide bonds. The first-order valence-electron chi connectivity index (χ1n) is 7.10. The summed E-state index contributed by atoms with van der Waals surface area (Å²) in [6, 6.07) is 11.4. The molecule has 4 heteroatoms. The van der Waals surface area contributed by atoms with Crippen LogP contribution in [0.2, 0.25) is 0 Å². The average Bonchev–Trinajstić information content (AvgIpc) is 2.75. The predicted molar refractivity (Wildman–Crippen MR) is 77.7 cm³/mol. The molecule has 0 saturated carbocycles. The summed E-state index contributed by atoms with van der Waals surface area (Å²) >= 11 is 0. The first-order chi connectivity index (χ1) is 9.20. The van der Waals surface area contributed by atoms with Gasteiger partial charge >= 0.3 is 0 Å². The summed E-state index contributed by atoms with van der Waals surface area (Å²) in [5, 5.41) is 13.0. The minimum Gasteiger partial charge on any atom is -0.395 e. The fourth-order valence-corrected chi connectivity index (χ4v) is 2.67. The van der Waals surface area contributed by atoms with Gasteiger partial charge in [-0.3, -0.25) is 10.9 Å². The van der Waals surface area contributed by atoms with Crippen molar-refractivity contribution in [2.45, 2.75) is 38.4 Å². The quantitative estimate of drug-likeness (QED) is 0.610. The van der Waals surface area contributed by atoms with Crippen molar-refractivity contribution in [2.75, 3.05) is 13.2 Å². The van der Waals surface area contributed by atoms with Crippen LogP contribution in [0.5, 0.6) is 0 Å². The van der Waals surface area contributed by atoms with Gasteiger partial charge in [0.05, 0.1) is 6.61 Å². The van der Waals surface area contributed by atoms with Crippen molar-refractivity contribution in [3.63, 3.8) is 0 Å². The van der Waals surface area contributed by atoms with Crippen LogP contribution < -0.4 is 16.2 Å². The van der Waals surface area contributed by atoms with E-state index < -0.39 is 0 Å². The lowest BCUT2D eigenvalue weighted by Crippen LogP contribution is -2.42. The van der Waals surface area contributed by atoms with E-state index in [-0.39, 0.29) is 12.6 Å². The predicted octanol–water partition coefficient (Wildman–Crippen LogP) is 0.681. The van der Waals surface area contributed by atoms with Gasteiger partial charge < -0.3 is 10.4 Å². The molecule has 1 aliphatic heterocycles. The van der Waals surface area contributed by atoms with Gasteiger partial charge in [-0.1, -0.05) is 30.3 Å². The minimum absolute atomic E-state index is 0.127. The van der Waals surface area contributed by atoms with E-state index in [1.807, 2.05) is 18.2 Å². The molecular weight excluding hydrogens is 238 g/mol. The summed E-state index contributed by atoms with van der Waals surface area (Å²) < 4.78 is 0. The smallest absolute Gasteiger partial charge is 0.0587 e. The van der Waals surface area contributed by atoms with Gasteiger partial charge in [0.15, 0.2) is 0 Å². The molecule has 4 N–H and O–H groups in total. The largest absolute Gasteiger partial charge is 0.395 e. The summed E-state index contributed by atoms with van der Waals surface area (Å²) in [6.07, 6.45) is 0.869. The zero-order valence-electron chi connectivity index (χ0n) is 11.8. The molecule has 0 spiro atoms. The van der Waals surface area contributed by atoms with Crippen LogP contribution in [0.15, 0.2) is 30.3 Å². The molecule has 1 aliphatic rings. The van der Waals surface area contributed by atoms with Gasteiger partial charge in [0.2, 0.25) is 0 Å². The molecule has 4 nitrogen and oxygen atoms in total. The Labute approximate surface area is 115 Å². The number of aliphatic hydroxyl groups is 1. The second kappa shape index (κ2) is 7.01. The maximum atomic E-state index is 9.50. The molecular formula is C15H25N3O. The summed E-state index contributed by atoms with van der Waals surface area (Å²) in [6.45, 7) is 5.47. The standard InChI is InChI=1S/C15H25N3O/c1-11-15(12(2)18-17-11)9-16-14(10-19)8-13-6-4-3-5-7-13/h3-7,11-12,14-19H,8-10H2,1-2H3/t11?,12?,14-,15?/m1/s1. The van der Waals surface area contributed by atoms with Gasteiger partial charge in [-0.05, 0) is 25.8 Å². The van der Waals surface area contributed by atoms with Gasteiger partial charge in [-0.15, -0.1) is 0 Å². The van der Waals surface area contributed by atoms with Crippen molar-refractivity contribution in [2.24, 2.45) is 5.92 Å². The minimum atomic E-state index is 0.127. The fourth-order valence-electron chi connectivity index (χ4n) is 2.67. The van der Waals surface area contributed by atoms with Crippen molar-refractivity contribution in [1.82, 2.24) is 16.2 Å². The molecule has 2 rings (SSSR count). The lowest BCUT2D eigenvalue weighted by Gasteiger charge is -2.23. The van der Waals surface area contributed by atoms with Crippen LogP contribution >= 0.6 is 0 Å². The molecule has 0 aromatic heterocycles. The third-order valence-electron chi connectivity index (χ3n) is 4.01. The van der Waals surface area contributed by atoms with Crippen molar-refractivity contribution >= 4 is 0 Å². The molecule has 0 aliphatic carbocycles. The molecule has 0 radical (unpaired) electrons. The van der Waals surface area contributed by atoms with Crippen molar-refractivity contribution in [1.29, 1.82) is 0 Å². The average molecular weight is 263 g/mol. The number of hydrazine groups is 1. The summed E-state index contributed by atoms with van der Waals surface area (Å²) in [4.78, 5) is 0. The second-order valence-corrected chi connectivity index (χ2v) is 5.51. The topological polar surface area (TPSA) is 56.3 Å². The lowest BCUT2D eigenvalue weighted by atomic mass is 9.96. The number of nitrogens with one attached hydrogen (secondary N) is 3. The molecule has 19 heavy (non-hydrogen) atoms. The SMILES string of the molecule is CC1NNC(C)C1CN[C@@H](CO)Cc1ccccc1. The van der Waals surface area contributed by atoms with Gasteiger partial charge in [0, 0.05) is 30.6 Å². The fraction of sp³-hybridized carbons (Fsp3) is 0.600. The normalized spacial score (nSPS) is 28.5. The summed E-state index contributed by atoms with van der Waals surface area (Å²) in [7, 11) is 0. The highest BCUT2D eigenvalue weighted by atomic mass is 16.3. The van der Waals surface area contributed by atoms with Gasteiger partial charge in [-0.25, -0.2) is 0 Å². The Hall–Kier alpha value is -0.940. The summed E-state index contributed by atoms with van der Waals surface area (Å²) in [5.41, 5.74) is 7.78. The Morgan fingerprint density at radius 3 is 2.37 bits per heavy atom. The van der Waals surface area contributed by atoms with Crippen LogP contribution in [0.3, 0.4) is 0 Å². The third-order valence-corrected chi connectivity index (χ3v) is 4.01. The maximum absolute atomic E-state index is 9.50.